The van der Waals surface area contributed by atoms with Gasteiger partial charge < -0.3 is 10.1 Å². The quantitative estimate of drug-likeness (QED) is 0.938. The monoisotopic (exact) mass is 284 g/mol. The van der Waals surface area contributed by atoms with E-state index >= 15 is 0 Å². The zero-order valence-corrected chi connectivity index (χ0v) is 11.4. The van der Waals surface area contributed by atoms with Crippen molar-refractivity contribution >= 4 is 5.91 Å². The highest BCUT2D eigenvalue weighted by molar-refractivity contribution is 5.96. The molecule has 0 aliphatic carbocycles. The molecular formula is C16H13FN2O2. The molecule has 0 bridgehead atoms. The summed E-state index contributed by atoms with van der Waals surface area (Å²) in [5.74, 6) is -0.608. The average molecular weight is 284 g/mol. The number of hydrogen-bond donors (Lipinski definition) is 1. The molecule has 0 radical (unpaired) electrons. The number of nitriles is 1. The summed E-state index contributed by atoms with van der Waals surface area (Å²) in [5, 5.41) is 11.4. The highest BCUT2D eigenvalue weighted by Crippen LogP contribution is 2.19. The normalized spacial score (nSPS) is 9.76. The van der Waals surface area contributed by atoms with Gasteiger partial charge in [-0.05, 0) is 35.9 Å². The van der Waals surface area contributed by atoms with Crippen LogP contribution in [-0.4, -0.2) is 13.0 Å². The lowest BCUT2D eigenvalue weighted by Crippen LogP contribution is -2.23. The highest BCUT2D eigenvalue weighted by atomic mass is 19.1. The zero-order chi connectivity index (χ0) is 15.2. The van der Waals surface area contributed by atoms with Crippen LogP contribution in [0.15, 0.2) is 42.5 Å². The Labute approximate surface area is 121 Å². The Kier molecular flexibility index (Phi) is 4.52. The molecule has 0 unspecified atom stereocenters. The van der Waals surface area contributed by atoms with Crippen LogP contribution in [0.3, 0.4) is 0 Å². The lowest BCUT2D eigenvalue weighted by molar-refractivity contribution is 0.0947. The van der Waals surface area contributed by atoms with Crippen LogP contribution < -0.4 is 10.1 Å². The van der Waals surface area contributed by atoms with Crippen LogP contribution in [0, 0.1) is 17.1 Å². The van der Waals surface area contributed by atoms with Crippen LogP contribution in [-0.2, 0) is 6.54 Å². The molecule has 1 N–H and O–H groups in total. The van der Waals surface area contributed by atoms with E-state index in [0.717, 1.165) is 11.6 Å². The van der Waals surface area contributed by atoms with Crippen LogP contribution in [0.2, 0.25) is 0 Å². The summed E-state index contributed by atoms with van der Waals surface area (Å²) in [6.45, 7) is 0.282. The number of halogens is 1. The van der Waals surface area contributed by atoms with Gasteiger partial charge in [0.2, 0.25) is 0 Å². The Morgan fingerprint density at radius 1 is 1.29 bits per heavy atom. The topological polar surface area (TPSA) is 62.1 Å². The first-order valence-corrected chi connectivity index (χ1v) is 6.25. The summed E-state index contributed by atoms with van der Waals surface area (Å²) in [7, 11) is 1.42. The number of amides is 1. The van der Waals surface area contributed by atoms with Gasteiger partial charge in [0.1, 0.15) is 11.6 Å². The molecule has 1 amide bonds. The van der Waals surface area contributed by atoms with Crippen molar-refractivity contribution in [1.29, 1.82) is 5.26 Å². The number of nitrogens with zero attached hydrogens (tertiary/aromatic N) is 1. The van der Waals surface area contributed by atoms with Crippen LogP contribution in [0.4, 0.5) is 4.39 Å². The molecule has 0 aromatic heterocycles. The van der Waals surface area contributed by atoms with E-state index in [1.54, 1.807) is 24.3 Å². The second kappa shape index (κ2) is 6.53. The van der Waals surface area contributed by atoms with Crippen molar-refractivity contribution in [3.8, 4) is 11.8 Å². The fourth-order valence-electron chi connectivity index (χ4n) is 1.83. The van der Waals surface area contributed by atoms with Gasteiger partial charge in [-0.2, -0.15) is 5.26 Å². The van der Waals surface area contributed by atoms with E-state index in [2.05, 4.69) is 5.32 Å². The Morgan fingerprint density at radius 2 is 2.00 bits per heavy atom. The predicted molar refractivity (Wildman–Crippen MR) is 75.3 cm³/mol. The second-order valence-electron chi connectivity index (χ2n) is 4.34. The van der Waals surface area contributed by atoms with Gasteiger partial charge in [0.15, 0.2) is 0 Å². The van der Waals surface area contributed by atoms with E-state index in [9.17, 15) is 9.18 Å². The maximum atomic E-state index is 13.2. The number of methoxy groups -OCH3 is 1. The number of nitrogens with one attached hydrogen (secondary N) is 1. The standard InChI is InChI=1S/C16H13FN2O2/c1-21-15-7-6-13(17)8-14(15)16(20)19-10-12-4-2-11(9-18)3-5-12/h2-8H,10H2,1H3,(H,19,20). The first-order chi connectivity index (χ1) is 10.1. The molecular weight excluding hydrogens is 271 g/mol. The lowest BCUT2D eigenvalue weighted by Gasteiger charge is -2.09. The van der Waals surface area contributed by atoms with E-state index in [-0.39, 0.29) is 12.1 Å². The Bertz CT molecular complexity index is 690. The smallest absolute Gasteiger partial charge is 0.255 e. The molecule has 0 aliphatic rings. The maximum Gasteiger partial charge on any atom is 0.255 e. The second-order valence-corrected chi connectivity index (χ2v) is 4.34. The summed E-state index contributed by atoms with van der Waals surface area (Å²) in [5.41, 5.74) is 1.54. The van der Waals surface area contributed by atoms with Crippen molar-refractivity contribution in [2.75, 3.05) is 7.11 Å². The molecule has 106 valence electrons. The summed E-state index contributed by atoms with van der Waals surface area (Å²) in [6, 6.07) is 12.6. The average Bonchev–Trinajstić information content (AvgIpc) is 2.53. The minimum atomic E-state index is -0.501. The summed E-state index contributed by atoms with van der Waals surface area (Å²) < 4.78 is 18.3. The third-order valence-electron chi connectivity index (χ3n) is 2.94. The van der Waals surface area contributed by atoms with E-state index in [1.807, 2.05) is 6.07 Å². The molecule has 0 heterocycles. The maximum absolute atomic E-state index is 13.2. The Morgan fingerprint density at radius 3 is 2.62 bits per heavy atom. The van der Waals surface area contributed by atoms with E-state index in [4.69, 9.17) is 10.00 Å². The van der Waals surface area contributed by atoms with Gasteiger partial charge in [0, 0.05) is 6.54 Å². The minimum Gasteiger partial charge on any atom is -0.496 e. The molecule has 4 nitrogen and oxygen atoms in total. The third kappa shape index (κ3) is 3.57. The van der Waals surface area contributed by atoms with Crippen molar-refractivity contribution in [2.45, 2.75) is 6.54 Å². The summed E-state index contributed by atoms with van der Waals surface area (Å²) >= 11 is 0. The van der Waals surface area contributed by atoms with Crippen molar-refractivity contribution in [1.82, 2.24) is 5.32 Å². The zero-order valence-electron chi connectivity index (χ0n) is 11.4. The molecule has 0 saturated heterocycles. The molecule has 2 rings (SSSR count). The number of carbonyl (C=O) groups is 1. The molecule has 2 aromatic carbocycles. The van der Waals surface area contributed by atoms with Gasteiger partial charge in [0.25, 0.3) is 5.91 Å². The van der Waals surface area contributed by atoms with Gasteiger partial charge in [-0.3, -0.25) is 4.79 Å². The summed E-state index contributed by atoms with van der Waals surface area (Å²) in [4.78, 5) is 12.1. The molecule has 0 spiro atoms. The summed E-state index contributed by atoms with van der Waals surface area (Å²) in [6.07, 6.45) is 0. The van der Waals surface area contributed by atoms with E-state index in [0.29, 0.717) is 11.3 Å². The van der Waals surface area contributed by atoms with Gasteiger partial charge in [-0.25, -0.2) is 4.39 Å². The van der Waals surface area contributed by atoms with Crippen molar-refractivity contribution in [3.63, 3.8) is 0 Å². The van der Waals surface area contributed by atoms with Crippen molar-refractivity contribution in [3.05, 3.63) is 65.0 Å². The van der Waals surface area contributed by atoms with Crippen LogP contribution in [0.1, 0.15) is 21.5 Å². The van der Waals surface area contributed by atoms with Gasteiger partial charge in [-0.1, -0.05) is 12.1 Å². The molecule has 2 aromatic rings. The number of ether oxygens (including phenoxy) is 1. The van der Waals surface area contributed by atoms with Crippen LogP contribution in [0.5, 0.6) is 5.75 Å². The Hall–Kier alpha value is -2.87. The van der Waals surface area contributed by atoms with Gasteiger partial charge >= 0.3 is 0 Å². The highest BCUT2D eigenvalue weighted by Gasteiger charge is 2.13. The largest absolute Gasteiger partial charge is 0.496 e. The number of carbonyl (C=O) groups excluding carboxylic acids is 1. The van der Waals surface area contributed by atoms with Crippen LogP contribution in [0.25, 0.3) is 0 Å². The molecule has 0 atom stereocenters. The van der Waals surface area contributed by atoms with Crippen molar-refractivity contribution < 1.29 is 13.9 Å². The van der Waals surface area contributed by atoms with Gasteiger partial charge in [0.05, 0.1) is 24.3 Å². The SMILES string of the molecule is COc1ccc(F)cc1C(=O)NCc1ccc(C#N)cc1. The molecule has 0 saturated carbocycles. The lowest BCUT2D eigenvalue weighted by atomic mass is 10.1. The van der Waals surface area contributed by atoms with Crippen molar-refractivity contribution in [2.24, 2.45) is 0 Å². The fraction of sp³-hybridized carbons (Fsp3) is 0.125. The molecule has 0 fully saturated rings. The minimum absolute atomic E-state index is 0.145. The van der Waals surface area contributed by atoms with E-state index in [1.165, 1.54) is 19.2 Å². The fourth-order valence-corrected chi connectivity index (χ4v) is 1.83. The number of hydrogen-bond acceptors (Lipinski definition) is 3. The predicted octanol–water partition coefficient (Wildman–Crippen LogP) is 2.64. The van der Waals surface area contributed by atoms with Crippen LogP contribution >= 0.6 is 0 Å². The van der Waals surface area contributed by atoms with Gasteiger partial charge in [-0.15, -0.1) is 0 Å². The number of rotatable bonds is 4. The molecule has 0 aliphatic heterocycles. The molecule has 5 heteroatoms. The third-order valence-corrected chi connectivity index (χ3v) is 2.94. The van der Waals surface area contributed by atoms with E-state index < -0.39 is 11.7 Å². The first kappa shape index (κ1) is 14.5. The molecule has 21 heavy (non-hydrogen) atoms. The Balaban J connectivity index is 2.08. The first-order valence-electron chi connectivity index (χ1n) is 6.25. The number of benzene rings is 2.